The van der Waals surface area contributed by atoms with Crippen molar-refractivity contribution in [3.05, 3.63) is 0 Å². The van der Waals surface area contributed by atoms with Crippen LogP contribution in [0.3, 0.4) is 0 Å². The third-order valence-corrected chi connectivity index (χ3v) is 3.27. The van der Waals surface area contributed by atoms with Crippen molar-refractivity contribution in [2.75, 3.05) is 19.7 Å². The third kappa shape index (κ3) is 2.35. The topological polar surface area (TPSA) is 64.3 Å². The van der Waals surface area contributed by atoms with Gasteiger partial charge in [-0.3, -0.25) is 4.79 Å². The van der Waals surface area contributed by atoms with Crippen molar-refractivity contribution in [3.8, 4) is 6.07 Å². The highest BCUT2D eigenvalue weighted by Gasteiger charge is 2.50. The van der Waals surface area contributed by atoms with E-state index in [1.807, 2.05) is 6.92 Å². The molecule has 0 saturated heterocycles. The van der Waals surface area contributed by atoms with Crippen LogP contribution in [-0.2, 0) is 4.79 Å². The minimum atomic E-state index is -0.773. The van der Waals surface area contributed by atoms with E-state index in [1.165, 1.54) is 0 Å². The van der Waals surface area contributed by atoms with Crippen molar-refractivity contribution < 1.29 is 9.90 Å². The molecule has 0 bridgehead atoms. The molecule has 1 amide bonds. The van der Waals surface area contributed by atoms with Gasteiger partial charge in [0.05, 0.1) is 6.07 Å². The van der Waals surface area contributed by atoms with Gasteiger partial charge < -0.3 is 10.0 Å². The number of aliphatic hydroxyl groups excluding tert-OH is 1. The predicted molar refractivity (Wildman–Crippen MR) is 60.4 cm³/mol. The average molecular weight is 224 g/mol. The molecule has 4 nitrogen and oxygen atoms in total. The number of amides is 1. The number of nitriles is 1. The number of aliphatic hydroxyl groups is 1. The summed E-state index contributed by atoms with van der Waals surface area (Å²) in [5, 5.41) is 17.9. The number of hydrogen-bond acceptors (Lipinski definition) is 3. The number of rotatable bonds is 5. The average Bonchev–Trinajstić information content (AvgIpc) is 2.25. The van der Waals surface area contributed by atoms with Crippen LogP contribution >= 0.6 is 0 Å². The summed E-state index contributed by atoms with van der Waals surface area (Å²) in [6.07, 6.45) is 1.94. The molecule has 1 N–H and O–H groups in total. The normalized spacial score (nSPS) is 28.0. The Morgan fingerprint density at radius 2 is 2.25 bits per heavy atom. The van der Waals surface area contributed by atoms with Gasteiger partial charge in [0, 0.05) is 19.7 Å². The van der Waals surface area contributed by atoms with Gasteiger partial charge in [-0.15, -0.1) is 0 Å². The van der Waals surface area contributed by atoms with Crippen LogP contribution in [0.1, 0.15) is 33.1 Å². The van der Waals surface area contributed by atoms with Crippen LogP contribution in [0.25, 0.3) is 0 Å². The molecule has 0 radical (unpaired) electrons. The van der Waals surface area contributed by atoms with Crippen molar-refractivity contribution in [3.63, 3.8) is 0 Å². The third-order valence-electron chi connectivity index (χ3n) is 3.27. The number of carbonyl (C=O) groups excluding carboxylic acids is 1. The maximum Gasteiger partial charge on any atom is 0.243 e. The Hall–Kier alpha value is -1.08. The van der Waals surface area contributed by atoms with E-state index >= 15 is 0 Å². The van der Waals surface area contributed by atoms with Gasteiger partial charge in [0.1, 0.15) is 5.41 Å². The van der Waals surface area contributed by atoms with Crippen molar-refractivity contribution in [2.24, 2.45) is 11.3 Å². The molecule has 1 aliphatic rings. The molecule has 0 unspecified atom stereocenters. The Labute approximate surface area is 96.9 Å². The second-order valence-electron chi connectivity index (χ2n) is 4.67. The summed E-state index contributed by atoms with van der Waals surface area (Å²) in [6, 6.07) is 2.18. The van der Waals surface area contributed by atoms with Gasteiger partial charge in [-0.1, -0.05) is 6.92 Å². The van der Waals surface area contributed by atoms with Gasteiger partial charge >= 0.3 is 0 Å². The Balaban J connectivity index is 2.64. The molecule has 16 heavy (non-hydrogen) atoms. The summed E-state index contributed by atoms with van der Waals surface area (Å²) in [4.78, 5) is 13.9. The fourth-order valence-corrected chi connectivity index (χ4v) is 2.41. The molecular weight excluding hydrogens is 204 g/mol. The first kappa shape index (κ1) is 13.0. The molecular formula is C12H20N2O2. The van der Waals surface area contributed by atoms with E-state index in [4.69, 9.17) is 10.4 Å². The van der Waals surface area contributed by atoms with Crippen LogP contribution in [-0.4, -0.2) is 35.6 Å². The highest BCUT2D eigenvalue weighted by atomic mass is 16.3. The quantitative estimate of drug-likeness (QED) is 0.762. The lowest BCUT2D eigenvalue weighted by molar-refractivity contribution is -0.145. The molecule has 90 valence electrons. The number of hydrogen-bond donors (Lipinski definition) is 1. The Bertz CT molecular complexity index is 290. The maximum atomic E-state index is 12.2. The summed E-state index contributed by atoms with van der Waals surface area (Å²) >= 11 is 0. The molecule has 1 fully saturated rings. The van der Waals surface area contributed by atoms with E-state index < -0.39 is 5.41 Å². The smallest absolute Gasteiger partial charge is 0.243 e. The second kappa shape index (κ2) is 5.31. The lowest BCUT2D eigenvalue weighted by atomic mass is 9.62. The summed E-state index contributed by atoms with van der Waals surface area (Å²) < 4.78 is 0. The summed E-state index contributed by atoms with van der Waals surface area (Å²) in [5.41, 5.74) is -0.773. The van der Waals surface area contributed by atoms with E-state index in [9.17, 15) is 4.79 Å². The van der Waals surface area contributed by atoms with E-state index in [0.717, 1.165) is 0 Å². The molecule has 1 saturated carbocycles. The van der Waals surface area contributed by atoms with Crippen molar-refractivity contribution in [1.82, 2.24) is 4.90 Å². The zero-order valence-electron chi connectivity index (χ0n) is 10.1. The summed E-state index contributed by atoms with van der Waals surface area (Å²) in [5.74, 6) is 0.421. The van der Waals surface area contributed by atoms with Gasteiger partial charge in [0.15, 0.2) is 0 Å². The minimum absolute atomic E-state index is 0.0518. The highest BCUT2D eigenvalue weighted by Crippen LogP contribution is 2.46. The van der Waals surface area contributed by atoms with Gasteiger partial charge in [-0.25, -0.2) is 0 Å². The van der Waals surface area contributed by atoms with Crippen molar-refractivity contribution in [2.45, 2.75) is 33.1 Å². The fourth-order valence-electron chi connectivity index (χ4n) is 2.41. The second-order valence-corrected chi connectivity index (χ2v) is 4.67. The summed E-state index contributed by atoms with van der Waals surface area (Å²) in [6.45, 7) is 5.20. The van der Waals surface area contributed by atoms with E-state index in [1.54, 1.807) is 4.90 Å². The Morgan fingerprint density at radius 3 is 2.62 bits per heavy atom. The molecule has 0 aromatic heterocycles. The molecule has 4 heteroatoms. The van der Waals surface area contributed by atoms with Crippen LogP contribution in [0.2, 0.25) is 0 Å². The first-order valence-electron chi connectivity index (χ1n) is 5.91. The fraction of sp³-hybridized carbons (Fsp3) is 0.833. The lowest BCUT2D eigenvalue weighted by Gasteiger charge is -2.42. The van der Waals surface area contributed by atoms with Gasteiger partial charge in [-0.2, -0.15) is 5.26 Å². The molecule has 1 aliphatic carbocycles. The van der Waals surface area contributed by atoms with E-state index in [-0.39, 0.29) is 12.5 Å². The lowest BCUT2D eigenvalue weighted by Crippen LogP contribution is -2.50. The van der Waals surface area contributed by atoms with E-state index in [0.29, 0.717) is 38.3 Å². The molecule has 0 atom stereocenters. The van der Waals surface area contributed by atoms with Gasteiger partial charge in [0.2, 0.25) is 5.91 Å². The standard InChI is InChI=1S/C12H20N2O2/c1-3-14(5-4-6-15)11(16)12(9-13)7-10(2)8-12/h10,15H,3-8H2,1-2H3. The number of nitrogens with zero attached hydrogens (tertiary/aromatic N) is 2. The Morgan fingerprint density at radius 1 is 1.62 bits per heavy atom. The molecule has 0 aromatic carbocycles. The zero-order valence-corrected chi connectivity index (χ0v) is 10.1. The predicted octanol–water partition coefficient (Wildman–Crippen LogP) is 1.16. The number of carbonyl (C=O) groups is 1. The zero-order chi connectivity index (χ0) is 12.2. The first-order valence-corrected chi connectivity index (χ1v) is 5.91. The van der Waals surface area contributed by atoms with Crippen LogP contribution in [0.5, 0.6) is 0 Å². The molecule has 0 spiro atoms. The summed E-state index contributed by atoms with van der Waals surface area (Å²) in [7, 11) is 0. The van der Waals surface area contributed by atoms with E-state index in [2.05, 4.69) is 13.0 Å². The molecule has 0 heterocycles. The molecule has 0 aromatic rings. The van der Waals surface area contributed by atoms with Gasteiger partial charge in [0.25, 0.3) is 0 Å². The SMILES string of the molecule is CCN(CCCO)C(=O)C1(C#N)CC(C)C1. The van der Waals surface area contributed by atoms with Crippen molar-refractivity contribution >= 4 is 5.91 Å². The first-order chi connectivity index (χ1) is 7.59. The van der Waals surface area contributed by atoms with Gasteiger partial charge in [-0.05, 0) is 32.1 Å². The molecule has 1 rings (SSSR count). The maximum absolute atomic E-state index is 12.2. The van der Waals surface area contributed by atoms with Crippen LogP contribution in [0.4, 0.5) is 0 Å². The Kier molecular flexibility index (Phi) is 4.31. The largest absolute Gasteiger partial charge is 0.396 e. The van der Waals surface area contributed by atoms with Crippen LogP contribution in [0.15, 0.2) is 0 Å². The molecule has 0 aliphatic heterocycles. The highest BCUT2D eigenvalue weighted by molar-refractivity contribution is 5.86. The van der Waals surface area contributed by atoms with Crippen molar-refractivity contribution in [1.29, 1.82) is 5.26 Å². The van der Waals surface area contributed by atoms with Crippen LogP contribution in [0, 0.1) is 22.7 Å². The minimum Gasteiger partial charge on any atom is -0.396 e. The van der Waals surface area contributed by atoms with Crippen LogP contribution < -0.4 is 0 Å². The monoisotopic (exact) mass is 224 g/mol.